The number of hydrogen-bond donors (Lipinski definition) is 2. The fraction of sp³-hybridized carbons (Fsp3) is 0.714. The van der Waals surface area contributed by atoms with E-state index in [1.54, 1.807) is 14.1 Å². The zero-order valence-electron chi connectivity index (χ0n) is 13.8. The number of carbonyl (C=O) groups is 1. The summed E-state index contributed by atoms with van der Waals surface area (Å²) in [5.41, 5.74) is 0.880. The third-order valence-electron chi connectivity index (χ3n) is 2.61. The van der Waals surface area contributed by atoms with E-state index in [0.29, 0.717) is 25.5 Å². The molecular formula is C14H26F3IN4O. The van der Waals surface area contributed by atoms with Gasteiger partial charge in [0.15, 0.2) is 5.96 Å². The van der Waals surface area contributed by atoms with E-state index in [0.717, 1.165) is 5.57 Å². The lowest BCUT2D eigenvalue weighted by molar-refractivity contribution is -0.135. The molecular weight excluding hydrogens is 424 g/mol. The molecule has 0 bridgehead atoms. The molecule has 2 N–H and O–H groups in total. The summed E-state index contributed by atoms with van der Waals surface area (Å²) >= 11 is 0. The standard InChI is InChI=1S/C14H25F3N4O.HI/c1-11(2)9-19-13(20-10-12(22)21(3)4)18-8-6-5-7-14(15,16)17;/h1,5-10H2,2-4H3,(H2,18,19,20);1H. The molecule has 0 radical (unpaired) electrons. The minimum atomic E-state index is -4.12. The Labute approximate surface area is 152 Å². The van der Waals surface area contributed by atoms with Gasteiger partial charge in [0.25, 0.3) is 0 Å². The molecule has 0 fully saturated rings. The van der Waals surface area contributed by atoms with Crippen LogP contribution in [0, 0.1) is 0 Å². The highest BCUT2D eigenvalue weighted by Gasteiger charge is 2.25. The number of rotatable bonds is 8. The summed E-state index contributed by atoms with van der Waals surface area (Å²) in [5, 5.41) is 5.88. The number of likely N-dealkylation sites (N-methyl/N-ethyl adjacent to an activating group) is 1. The van der Waals surface area contributed by atoms with Crippen LogP contribution in [-0.4, -0.2) is 56.7 Å². The molecule has 9 heteroatoms. The van der Waals surface area contributed by atoms with Crippen LogP contribution in [0.25, 0.3) is 0 Å². The average Bonchev–Trinajstić information content (AvgIpc) is 2.38. The molecule has 0 aliphatic heterocycles. The van der Waals surface area contributed by atoms with Crippen LogP contribution < -0.4 is 10.6 Å². The van der Waals surface area contributed by atoms with Crippen LogP contribution in [0.15, 0.2) is 17.1 Å². The van der Waals surface area contributed by atoms with E-state index in [2.05, 4.69) is 22.2 Å². The Morgan fingerprint density at radius 1 is 1.22 bits per heavy atom. The Morgan fingerprint density at radius 3 is 2.30 bits per heavy atom. The summed E-state index contributed by atoms with van der Waals surface area (Å²) in [6.07, 6.45) is -4.48. The summed E-state index contributed by atoms with van der Waals surface area (Å²) in [4.78, 5) is 17.0. The maximum absolute atomic E-state index is 12.0. The predicted octanol–water partition coefficient (Wildman–Crippen LogP) is 2.54. The van der Waals surface area contributed by atoms with E-state index >= 15 is 0 Å². The predicted molar refractivity (Wildman–Crippen MR) is 97.1 cm³/mol. The monoisotopic (exact) mass is 450 g/mol. The van der Waals surface area contributed by atoms with Gasteiger partial charge in [0, 0.05) is 33.6 Å². The number of carbonyl (C=O) groups excluding carboxylic acids is 1. The molecule has 0 aromatic rings. The lowest BCUT2D eigenvalue weighted by Crippen LogP contribution is -2.39. The molecule has 0 atom stereocenters. The minimum absolute atomic E-state index is 0. The molecule has 1 amide bonds. The average molecular weight is 450 g/mol. The fourth-order valence-corrected chi connectivity index (χ4v) is 1.35. The molecule has 0 aromatic carbocycles. The van der Waals surface area contributed by atoms with Crippen LogP contribution in [0.3, 0.4) is 0 Å². The summed E-state index contributed by atoms with van der Waals surface area (Å²) in [5.74, 6) is 0.235. The van der Waals surface area contributed by atoms with E-state index in [1.165, 1.54) is 4.90 Å². The van der Waals surface area contributed by atoms with Gasteiger partial charge in [-0.15, -0.1) is 24.0 Å². The second-order valence-corrected chi connectivity index (χ2v) is 5.26. The molecule has 0 spiro atoms. The van der Waals surface area contributed by atoms with Gasteiger partial charge < -0.3 is 15.5 Å². The Hall–Kier alpha value is -1.00. The Kier molecular flexibility index (Phi) is 13.1. The van der Waals surface area contributed by atoms with Gasteiger partial charge in [-0.2, -0.15) is 13.2 Å². The first-order valence-electron chi connectivity index (χ1n) is 7.05. The van der Waals surface area contributed by atoms with Gasteiger partial charge >= 0.3 is 6.18 Å². The third-order valence-corrected chi connectivity index (χ3v) is 2.61. The van der Waals surface area contributed by atoms with Crippen LogP contribution in [-0.2, 0) is 4.79 Å². The Morgan fingerprint density at radius 2 is 1.83 bits per heavy atom. The van der Waals surface area contributed by atoms with E-state index in [4.69, 9.17) is 0 Å². The molecule has 0 aliphatic rings. The number of nitrogens with zero attached hydrogens (tertiary/aromatic N) is 2. The molecule has 23 heavy (non-hydrogen) atoms. The molecule has 0 aromatic heterocycles. The number of guanidine groups is 1. The second-order valence-electron chi connectivity index (χ2n) is 5.26. The number of halogens is 4. The molecule has 0 saturated carbocycles. The summed E-state index contributed by atoms with van der Waals surface area (Å²) in [6, 6.07) is 0. The van der Waals surface area contributed by atoms with Crippen molar-refractivity contribution < 1.29 is 18.0 Å². The lowest BCUT2D eigenvalue weighted by atomic mass is 10.2. The number of amides is 1. The Balaban J connectivity index is 0. The van der Waals surface area contributed by atoms with Crippen molar-refractivity contribution in [3.05, 3.63) is 12.2 Å². The normalized spacial score (nSPS) is 11.5. The highest BCUT2D eigenvalue weighted by molar-refractivity contribution is 14.0. The summed E-state index contributed by atoms with van der Waals surface area (Å²) < 4.78 is 36.1. The molecule has 5 nitrogen and oxygen atoms in total. The molecule has 0 aliphatic carbocycles. The number of nitrogens with one attached hydrogen (secondary N) is 2. The van der Waals surface area contributed by atoms with Crippen molar-refractivity contribution in [3.8, 4) is 0 Å². The van der Waals surface area contributed by atoms with Crippen LogP contribution >= 0.6 is 24.0 Å². The van der Waals surface area contributed by atoms with Crippen molar-refractivity contribution in [2.24, 2.45) is 4.99 Å². The first-order valence-corrected chi connectivity index (χ1v) is 7.05. The van der Waals surface area contributed by atoms with Gasteiger partial charge in [-0.25, -0.2) is 4.99 Å². The zero-order chi connectivity index (χ0) is 17.2. The molecule has 0 rings (SSSR count). The quantitative estimate of drug-likeness (QED) is 0.197. The first-order chi connectivity index (χ1) is 10.1. The third kappa shape index (κ3) is 15.7. The van der Waals surface area contributed by atoms with Gasteiger partial charge in [0.05, 0.1) is 0 Å². The van der Waals surface area contributed by atoms with Gasteiger partial charge in [-0.3, -0.25) is 4.79 Å². The van der Waals surface area contributed by atoms with Crippen LogP contribution in [0.4, 0.5) is 13.2 Å². The van der Waals surface area contributed by atoms with Crippen LogP contribution in [0.1, 0.15) is 26.2 Å². The number of hydrogen-bond acceptors (Lipinski definition) is 2. The second kappa shape index (κ2) is 12.4. The molecule has 0 unspecified atom stereocenters. The topological polar surface area (TPSA) is 56.7 Å². The number of unbranched alkanes of at least 4 members (excludes halogenated alkanes) is 1. The van der Waals surface area contributed by atoms with E-state index in [1.807, 2.05) is 6.92 Å². The lowest BCUT2D eigenvalue weighted by Gasteiger charge is -2.14. The number of alkyl halides is 3. The SMILES string of the molecule is C=C(C)CNC(=NCC(=O)N(C)C)NCCCCC(F)(F)F.I. The summed E-state index contributed by atoms with van der Waals surface area (Å²) in [7, 11) is 3.26. The van der Waals surface area contributed by atoms with Gasteiger partial charge in [0.1, 0.15) is 6.54 Å². The van der Waals surface area contributed by atoms with Crippen molar-refractivity contribution in [2.75, 3.05) is 33.7 Å². The number of aliphatic imine (C=N–C) groups is 1. The van der Waals surface area contributed by atoms with Gasteiger partial charge in [-0.1, -0.05) is 12.2 Å². The molecule has 0 heterocycles. The minimum Gasteiger partial charge on any atom is -0.356 e. The Bertz CT molecular complexity index is 398. The molecule has 136 valence electrons. The van der Waals surface area contributed by atoms with Gasteiger partial charge in [0.2, 0.25) is 5.91 Å². The van der Waals surface area contributed by atoms with E-state index < -0.39 is 12.6 Å². The van der Waals surface area contributed by atoms with Crippen molar-refractivity contribution in [3.63, 3.8) is 0 Å². The van der Waals surface area contributed by atoms with Crippen molar-refractivity contribution in [1.29, 1.82) is 0 Å². The van der Waals surface area contributed by atoms with Crippen molar-refractivity contribution in [1.82, 2.24) is 15.5 Å². The smallest absolute Gasteiger partial charge is 0.356 e. The van der Waals surface area contributed by atoms with Gasteiger partial charge in [-0.05, 0) is 19.8 Å². The first kappa shape index (κ1) is 24.3. The fourth-order valence-electron chi connectivity index (χ4n) is 1.35. The highest BCUT2D eigenvalue weighted by atomic mass is 127. The van der Waals surface area contributed by atoms with E-state index in [-0.39, 0.29) is 42.8 Å². The molecule has 0 saturated heterocycles. The van der Waals surface area contributed by atoms with Crippen molar-refractivity contribution in [2.45, 2.75) is 32.4 Å². The largest absolute Gasteiger partial charge is 0.389 e. The maximum Gasteiger partial charge on any atom is 0.389 e. The maximum atomic E-state index is 12.0. The highest BCUT2D eigenvalue weighted by Crippen LogP contribution is 2.21. The summed E-state index contributed by atoms with van der Waals surface area (Å²) in [6.45, 7) is 6.38. The van der Waals surface area contributed by atoms with E-state index in [9.17, 15) is 18.0 Å². The van der Waals surface area contributed by atoms with Crippen molar-refractivity contribution >= 4 is 35.8 Å². The van der Waals surface area contributed by atoms with Crippen LogP contribution in [0.2, 0.25) is 0 Å². The van der Waals surface area contributed by atoms with Crippen LogP contribution in [0.5, 0.6) is 0 Å². The zero-order valence-corrected chi connectivity index (χ0v) is 16.1.